The first-order valence-electron chi connectivity index (χ1n) is 1.84. The van der Waals surface area contributed by atoms with Crippen molar-refractivity contribution in [2.45, 2.75) is 6.42 Å². The third kappa shape index (κ3) is 10.7. The summed E-state index contributed by atoms with van der Waals surface area (Å²) in [7, 11) is 1.57. The summed E-state index contributed by atoms with van der Waals surface area (Å²) in [5, 5.41) is 0. The summed E-state index contributed by atoms with van der Waals surface area (Å²) in [5.74, 6) is 0. The van der Waals surface area contributed by atoms with Crippen LogP contribution in [0.2, 0.25) is 0 Å². The normalized spacial score (nSPS) is 7.00. The largest absolute Gasteiger partial charge is 0.384 e. The summed E-state index contributed by atoms with van der Waals surface area (Å²) in [6.07, 6.45) is 1.35. The zero-order valence-corrected chi connectivity index (χ0v) is 5.65. The van der Waals surface area contributed by atoms with Crippen LogP contribution in [-0.2, 0) is 28.1 Å². The van der Waals surface area contributed by atoms with Gasteiger partial charge in [0.15, 0.2) is 0 Å². The fraction of sp³-hybridized carbons (Fsp3) is 0.750. The Bertz CT molecular complexity index is 38.7. The van der Waals surface area contributed by atoms with Crippen LogP contribution in [0.5, 0.6) is 0 Å². The van der Waals surface area contributed by atoms with Crippen LogP contribution in [0, 0.1) is 0 Å². The molecule has 0 aromatic rings. The predicted octanol–water partition coefficient (Wildman–Crippen LogP) is 0.219. The first kappa shape index (κ1) is 10.2. The van der Waals surface area contributed by atoms with E-state index in [4.69, 9.17) is 0 Å². The zero-order chi connectivity index (χ0) is 4.83. The SMILES string of the molecule is COCCC=O.[V]. The van der Waals surface area contributed by atoms with Gasteiger partial charge in [-0.2, -0.15) is 0 Å². The average molecular weight is 139 g/mol. The number of carbonyl (C=O) groups is 1. The summed E-state index contributed by atoms with van der Waals surface area (Å²) in [5.41, 5.74) is 0. The van der Waals surface area contributed by atoms with Gasteiger partial charge in [0.2, 0.25) is 0 Å². The molecule has 0 saturated carbocycles. The summed E-state index contributed by atoms with van der Waals surface area (Å²) in [4.78, 5) is 9.48. The molecular weight excluding hydrogens is 131 g/mol. The summed E-state index contributed by atoms with van der Waals surface area (Å²) in [6.45, 7) is 0.545. The molecule has 0 saturated heterocycles. The molecule has 7 heavy (non-hydrogen) atoms. The molecular formula is C4H8O2V. The molecule has 2 nitrogen and oxygen atoms in total. The number of ether oxygens (including phenoxy) is 1. The van der Waals surface area contributed by atoms with E-state index in [0.717, 1.165) is 6.29 Å². The molecule has 1 radical (unpaired) electrons. The van der Waals surface area contributed by atoms with E-state index >= 15 is 0 Å². The molecule has 0 aromatic carbocycles. The molecule has 0 N–H and O–H groups in total. The molecule has 0 aliphatic rings. The van der Waals surface area contributed by atoms with E-state index in [-0.39, 0.29) is 18.6 Å². The van der Waals surface area contributed by atoms with Gasteiger partial charge in [0.25, 0.3) is 0 Å². The third-order valence-corrected chi connectivity index (χ3v) is 0.440. The van der Waals surface area contributed by atoms with Crippen LogP contribution in [0.1, 0.15) is 6.42 Å². The first-order chi connectivity index (χ1) is 2.91. The molecule has 41 valence electrons. The van der Waals surface area contributed by atoms with Crippen LogP contribution in [0.3, 0.4) is 0 Å². The molecule has 0 heterocycles. The van der Waals surface area contributed by atoms with Crippen molar-refractivity contribution in [2.24, 2.45) is 0 Å². The fourth-order valence-electron chi connectivity index (χ4n) is 0.166. The maximum absolute atomic E-state index is 9.48. The molecule has 0 rings (SSSR count). The number of aldehydes is 1. The predicted molar refractivity (Wildman–Crippen MR) is 22.6 cm³/mol. The van der Waals surface area contributed by atoms with Gasteiger partial charge in [-0.1, -0.05) is 0 Å². The minimum atomic E-state index is 0. The summed E-state index contributed by atoms with van der Waals surface area (Å²) >= 11 is 0. The van der Waals surface area contributed by atoms with Gasteiger partial charge in [-0.05, 0) is 0 Å². The minimum absolute atomic E-state index is 0. The van der Waals surface area contributed by atoms with Gasteiger partial charge in [-0.25, -0.2) is 0 Å². The van der Waals surface area contributed by atoms with Crippen molar-refractivity contribution in [1.82, 2.24) is 0 Å². The van der Waals surface area contributed by atoms with Crippen molar-refractivity contribution in [2.75, 3.05) is 13.7 Å². The average Bonchev–Trinajstić information content (AvgIpc) is 1.61. The van der Waals surface area contributed by atoms with Crippen LogP contribution in [0.4, 0.5) is 0 Å². The van der Waals surface area contributed by atoms with Crippen molar-refractivity contribution >= 4 is 6.29 Å². The van der Waals surface area contributed by atoms with Crippen molar-refractivity contribution in [1.29, 1.82) is 0 Å². The number of rotatable bonds is 3. The third-order valence-electron chi connectivity index (χ3n) is 0.440. The number of carbonyl (C=O) groups excluding carboxylic acids is 1. The van der Waals surface area contributed by atoms with Gasteiger partial charge in [0.1, 0.15) is 6.29 Å². The standard InChI is InChI=1S/C4H8O2.V/c1-6-4-2-3-5;/h3H,2,4H2,1H3;. The van der Waals surface area contributed by atoms with E-state index in [1.54, 1.807) is 7.11 Å². The first-order valence-corrected chi connectivity index (χ1v) is 1.84. The maximum Gasteiger partial charge on any atom is 0.122 e. The molecule has 0 amide bonds. The topological polar surface area (TPSA) is 26.3 Å². The summed E-state index contributed by atoms with van der Waals surface area (Å²) in [6, 6.07) is 0. The van der Waals surface area contributed by atoms with Crippen LogP contribution in [0.15, 0.2) is 0 Å². The van der Waals surface area contributed by atoms with E-state index in [2.05, 4.69) is 4.74 Å². The van der Waals surface area contributed by atoms with Gasteiger partial charge in [0.05, 0.1) is 6.61 Å². The van der Waals surface area contributed by atoms with Crippen LogP contribution in [-0.4, -0.2) is 20.0 Å². The van der Waals surface area contributed by atoms with Gasteiger partial charge in [-0.15, -0.1) is 0 Å². The Labute approximate surface area is 55.1 Å². The Morgan fingerprint density at radius 2 is 2.29 bits per heavy atom. The van der Waals surface area contributed by atoms with Crippen molar-refractivity contribution < 1.29 is 28.1 Å². The minimum Gasteiger partial charge on any atom is -0.384 e. The van der Waals surface area contributed by atoms with E-state index in [1.807, 2.05) is 0 Å². The number of hydrogen-bond donors (Lipinski definition) is 0. The Morgan fingerprint density at radius 1 is 1.71 bits per heavy atom. The monoisotopic (exact) mass is 139 g/mol. The van der Waals surface area contributed by atoms with Crippen LogP contribution >= 0.6 is 0 Å². The quantitative estimate of drug-likeness (QED) is 0.413. The van der Waals surface area contributed by atoms with Crippen LogP contribution < -0.4 is 0 Å². The van der Waals surface area contributed by atoms with Gasteiger partial charge in [0, 0.05) is 32.1 Å². The summed E-state index contributed by atoms with van der Waals surface area (Å²) < 4.78 is 4.55. The Kier molecular flexibility index (Phi) is 13.9. The smallest absolute Gasteiger partial charge is 0.122 e. The van der Waals surface area contributed by atoms with Gasteiger partial charge in [-0.3, -0.25) is 0 Å². The van der Waals surface area contributed by atoms with E-state index in [1.165, 1.54) is 0 Å². The molecule has 3 heteroatoms. The fourth-order valence-corrected chi connectivity index (χ4v) is 0.166. The van der Waals surface area contributed by atoms with Crippen molar-refractivity contribution in [3.05, 3.63) is 0 Å². The second kappa shape index (κ2) is 9.51. The Morgan fingerprint density at radius 3 is 2.43 bits per heavy atom. The van der Waals surface area contributed by atoms with E-state index < -0.39 is 0 Å². The molecule has 0 atom stereocenters. The van der Waals surface area contributed by atoms with E-state index in [0.29, 0.717) is 13.0 Å². The second-order valence-electron chi connectivity index (χ2n) is 0.948. The van der Waals surface area contributed by atoms with Gasteiger partial charge >= 0.3 is 0 Å². The molecule has 0 fully saturated rings. The maximum atomic E-state index is 9.48. The Hall–Kier alpha value is 0.214. The molecule has 0 unspecified atom stereocenters. The van der Waals surface area contributed by atoms with E-state index in [9.17, 15) is 4.79 Å². The van der Waals surface area contributed by atoms with Crippen molar-refractivity contribution in [3.63, 3.8) is 0 Å². The number of methoxy groups -OCH3 is 1. The second-order valence-corrected chi connectivity index (χ2v) is 0.948. The molecule has 0 aliphatic carbocycles. The Balaban J connectivity index is 0. The van der Waals surface area contributed by atoms with Gasteiger partial charge < -0.3 is 9.53 Å². The van der Waals surface area contributed by atoms with Crippen molar-refractivity contribution in [3.8, 4) is 0 Å². The number of hydrogen-bond acceptors (Lipinski definition) is 2. The van der Waals surface area contributed by atoms with Crippen LogP contribution in [0.25, 0.3) is 0 Å². The molecule has 0 bridgehead atoms. The molecule has 0 aliphatic heterocycles. The molecule has 0 aromatic heterocycles. The molecule has 0 spiro atoms. The zero-order valence-electron chi connectivity index (χ0n) is 4.26.